The highest BCUT2D eigenvalue weighted by Gasteiger charge is 2.22. The number of aryl methyl sites for hydroxylation is 2. The van der Waals surface area contributed by atoms with Crippen molar-refractivity contribution in [2.75, 3.05) is 25.0 Å². The van der Waals surface area contributed by atoms with Crippen molar-refractivity contribution >= 4 is 11.6 Å². The minimum Gasteiger partial charge on any atom is -0.370 e. The first kappa shape index (κ1) is 14.4. The summed E-state index contributed by atoms with van der Waals surface area (Å²) in [4.78, 5) is 7.03. The molecular weight excluding hydrogens is 260 g/mol. The Bertz CT molecular complexity index is 524. The molecule has 0 saturated carbocycles. The lowest BCUT2D eigenvalue weighted by Crippen LogP contribution is -2.33. The molecule has 3 N–H and O–H groups in total. The van der Waals surface area contributed by atoms with E-state index in [9.17, 15) is 0 Å². The molecule has 0 bridgehead atoms. The summed E-state index contributed by atoms with van der Waals surface area (Å²) < 4.78 is 0. The van der Waals surface area contributed by atoms with Gasteiger partial charge in [-0.25, -0.2) is 0 Å². The number of fused-ring (bicyclic) bond motifs is 1. The van der Waals surface area contributed by atoms with E-state index < -0.39 is 0 Å². The monoisotopic (exact) mass is 286 g/mol. The lowest BCUT2D eigenvalue weighted by Gasteiger charge is -2.21. The van der Waals surface area contributed by atoms with Gasteiger partial charge in [-0.3, -0.25) is 9.89 Å². The van der Waals surface area contributed by atoms with Gasteiger partial charge in [-0.05, 0) is 68.5 Å². The third-order valence-electron chi connectivity index (χ3n) is 4.75. The van der Waals surface area contributed by atoms with Crippen molar-refractivity contribution in [3.05, 3.63) is 29.3 Å². The quantitative estimate of drug-likeness (QED) is 0.660. The molecular formula is C17H26N4. The molecule has 0 amide bonds. The van der Waals surface area contributed by atoms with Crippen LogP contribution in [0.25, 0.3) is 0 Å². The standard InChI is InChI=1S/C17H26N4/c1-2-21-10-4-7-16(21)12-19-17(18)20-15-9-8-13-5-3-6-14(13)11-15/h8-9,11,16H,2-7,10,12H2,1H3,(H3,18,19,20). The Morgan fingerprint density at radius 3 is 3.05 bits per heavy atom. The summed E-state index contributed by atoms with van der Waals surface area (Å²) in [6.45, 7) is 5.33. The number of aliphatic imine (C=N–C) groups is 1. The van der Waals surface area contributed by atoms with Gasteiger partial charge in [0, 0.05) is 11.7 Å². The van der Waals surface area contributed by atoms with E-state index >= 15 is 0 Å². The van der Waals surface area contributed by atoms with Crippen molar-refractivity contribution in [2.45, 2.75) is 45.1 Å². The molecule has 4 heteroatoms. The summed E-state index contributed by atoms with van der Waals surface area (Å²) in [7, 11) is 0. The molecule has 1 fully saturated rings. The van der Waals surface area contributed by atoms with Crippen molar-refractivity contribution in [1.29, 1.82) is 0 Å². The van der Waals surface area contributed by atoms with Crippen LogP contribution in [0.1, 0.15) is 37.3 Å². The molecule has 1 atom stereocenters. The topological polar surface area (TPSA) is 53.6 Å². The SMILES string of the molecule is CCN1CCCC1CN=C(N)Nc1ccc2c(c1)CCC2. The normalized spacial score (nSPS) is 22.5. The molecule has 114 valence electrons. The Balaban J connectivity index is 1.58. The van der Waals surface area contributed by atoms with Crippen LogP contribution < -0.4 is 11.1 Å². The van der Waals surface area contributed by atoms with Gasteiger partial charge in [-0.15, -0.1) is 0 Å². The van der Waals surface area contributed by atoms with Crippen LogP contribution in [0.15, 0.2) is 23.2 Å². The lowest BCUT2D eigenvalue weighted by molar-refractivity contribution is 0.273. The van der Waals surface area contributed by atoms with Gasteiger partial charge in [0.15, 0.2) is 5.96 Å². The van der Waals surface area contributed by atoms with E-state index in [2.05, 4.69) is 40.3 Å². The van der Waals surface area contributed by atoms with Gasteiger partial charge >= 0.3 is 0 Å². The number of benzene rings is 1. The van der Waals surface area contributed by atoms with E-state index in [-0.39, 0.29) is 0 Å². The summed E-state index contributed by atoms with van der Waals surface area (Å²) in [6.07, 6.45) is 6.20. The molecule has 1 unspecified atom stereocenters. The Morgan fingerprint density at radius 2 is 2.19 bits per heavy atom. The molecule has 1 heterocycles. The summed E-state index contributed by atoms with van der Waals surface area (Å²) in [5, 5.41) is 3.24. The average molecular weight is 286 g/mol. The Kier molecular flexibility index (Phi) is 4.44. The smallest absolute Gasteiger partial charge is 0.193 e. The summed E-state index contributed by atoms with van der Waals surface area (Å²) >= 11 is 0. The first-order chi connectivity index (χ1) is 10.3. The van der Waals surface area contributed by atoms with Gasteiger partial charge in [0.05, 0.1) is 6.54 Å². The van der Waals surface area contributed by atoms with Gasteiger partial charge in [-0.2, -0.15) is 0 Å². The molecule has 1 aromatic rings. The van der Waals surface area contributed by atoms with Gasteiger partial charge in [-0.1, -0.05) is 13.0 Å². The Labute approximate surface area is 127 Å². The molecule has 1 aliphatic heterocycles. The van der Waals surface area contributed by atoms with Crippen LogP contribution in [-0.2, 0) is 12.8 Å². The fraction of sp³-hybridized carbons (Fsp3) is 0.588. The minimum absolute atomic E-state index is 0.538. The molecule has 0 radical (unpaired) electrons. The van der Waals surface area contributed by atoms with Crippen molar-refractivity contribution in [3.8, 4) is 0 Å². The van der Waals surface area contributed by atoms with Crippen molar-refractivity contribution in [3.63, 3.8) is 0 Å². The van der Waals surface area contributed by atoms with Crippen LogP contribution >= 0.6 is 0 Å². The van der Waals surface area contributed by atoms with E-state index in [1.165, 1.54) is 49.8 Å². The van der Waals surface area contributed by atoms with E-state index in [1.54, 1.807) is 0 Å². The highest BCUT2D eigenvalue weighted by atomic mass is 15.2. The number of likely N-dealkylation sites (tertiary alicyclic amines) is 1. The van der Waals surface area contributed by atoms with Gasteiger partial charge in [0.2, 0.25) is 0 Å². The molecule has 2 aliphatic rings. The number of likely N-dealkylation sites (N-methyl/N-ethyl adjacent to an activating group) is 1. The highest BCUT2D eigenvalue weighted by molar-refractivity contribution is 5.92. The van der Waals surface area contributed by atoms with Crippen LogP contribution in [-0.4, -0.2) is 36.5 Å². The van der Waals surface area contributed by atoms with Crippen LogP contribution in [0.4, 0.5) is 5.69 Å². The zero-order chi connectivity index (χ0) is 14.7. The van der Waals surface area contributed by atoms with Gasteiger partial charge in [0.25, 0.3) is 0 Å². The van der Waals surface area contributed by atoms with E-state index in [0.717, 1.165) is 18.8 Å². The zero-order valence-corrected chi connectivity index (χ0v) is 12.9. The van der Waals surface area contributed by atoms with Crippen LogP contribution in [0.5, 0.6) is 0 Å². The fourth-order valence-corrected chi connectivity index (χ4v) is 3.56. The predicted molar refractivity (Wildman–Crippen MR) is 88.8 cm³/mol. The first-order valence-corrected chi connectivity index (χ1v) is 8.19. The largest absolute Gasteiger partial charge is 0.370 e. The third-order valence-corrected chi connectivity index (χ3v) is 4.75. The number of nitrogens with zero attached hydrogens (tertiary/aromatic N) is 2. The van der Waals surface area contributed by atoms with E-state index in [0.29, 0.717) is 12.0 Å². The average Bonchev–Trinajstić information content (AvgIpc) is 3.13. The van der Waals surface area contributed by atoms with Crippen LogP contribution in [0.2, 0.25) is 0 Å². The van der Waals surface area contributed by atoms with Crippen molar-refractivity contribution in [1.82, 2.24) is 4.90 Å². The van der Waals surface area contributed by atoms with Crippen LogP contribution in [0, 0.1) is 0 Å². The third kappa shape index (κ3) is 3.38. The number of nitrogens with one attached hydrogen (secondary N) is 1. The molecule has 0 aromatic heterocycles. The number of nitrogens with two attached hydrogens (primary N) is 1. The Hall–Kier alpha value is -1.55. The van der Waals surface area contributed by atoms with Crippen LogP contribution in [0.3, 0.4) is 0 Å². The van der Waals surface area contributed by atoms with E-state index in [4.69, 9.17) is 5.73 Å². The van der Waals surface area contributed by atoms with Gasteiger partial charge < -0.3 is 11.1 Å². The number of guanidine groups is 1. The second-order valence-electron chi connectivity index (χ2n) is 6.11. The van der Waals surface area contributed by atoms with Crippen molar-refractivity contribution < 1.29 is 0 Å². The molecule has 1 saturated heterocycles. The fourth-order valence-electron chi connectivity index (χ4n) is 3.56. The maximum Gasteiger partial charge on any atom is 0.193 e. The number of anilines is 1. The maximum atomic E-state index is 6.04. The van der Waals surface area contributed by atoms with Gasteiger partial charge in [0.1, 0.15) is 0 Å². The molecule has 21 heavy (non-hydrogen) atoms. The molecule has 4 nitrogen and oxygen atoms in total. The maximum absolute atomic E-state index is 6.04. The summed E-state index contributed by atoms with van der Waals surface area (Å²) in [5.74, 6) is 0.538. The lowest BCUT2D eigenvalue weighted by atomic mass is 10.1. The van der Waals surface area contributed by atoms with Crippen molar-refractivity contribution in [2.24, 2.45) is 10.7 Å². The number of hydrogen-bond donors (Lipinski definition) is 2. The predicted octanol–water partition coefficient (Wildman–Crippen LogP) is 2.39. The molecule has 0 spiro atoms. The number of hydrogen-bond acceptors (Lipinski definition) is 2. The second-order valence-corrected chi connectivity index (χ2v) is 6.11. The zero-order valence-electron chi connectivity index (χ0n) is 12.9. The Morgan fingerprint density at radius 1 is 1.33 bits per heavy atom. The first-order valence-electron chi connectivity index (χ1n) is 8.19. The summed E-state index contributed by atoms with van der Waals surface area (Å²) in [6, 6.07) is 7.11. The number of rotatable bonds is 4. The highest BCUT2D eigenvalue weighted by Crippen LogP contribution is 2.24. The minimum atomic E-state index is 0.538. The summed E-state index contributed by atoms with van der Waals surface area (Å²) in [5.41, 5.74) is 10.0. The molecule has 3 rings (SSSR count). The molecule has 1 aromatic carbocycles. The second kappa shape index (κ2) is 6.48. The van der Waals surface area contributed by atoms with E-state index in [1.807, 2.05) is 0 Å². The molecule has 1 aliphatic carbocycles.